The van der Waals surface area contributed by atoms with E-state index in [0.717, 1.165) is 12.2 Å². The lowest BCUT2D eigenvalue weighted by molar-refractivity contribution is -0.130. The predicted molar refractivity (Wildman–Crippen MR) is 76.3 cm³/mol. The molecule has 1 aliphatic heterocycles. The zero-order valence-electron chi connectivity index (χ0n) is 12.5. The normalized spacial score (nSPS) is 15.3. The van der Waals surface area contributed by atoms with Crippen molar-refractivity contribution in [3.8, 4) is 0 Å². The van der Waals surface area contributed by atoms with Crippen molar-refractivity contribution in [3.05, 3.63) is 17.5 Å². The number of hydrazone groups is 1. The summed E-state index contributed by atoms with van der Waals surface area (Å²) < 4.78 is 5.20. The number of amides is 2. The SMILES string of the molecule is CC(C)Cc1cc(CNC(=O)C2=NN(C)C(=O)CC2)no1. The van der Waals surface area contributed by atoms with Crippen molar-refractivity contribution in [3.63, 3.8) is 0 Å². The van der Waals surface area contributed by atoms with Gasteiger partial charge in [-0.2, -0.15) is 5.10 Å². The van der Waals surface area contributed by atoms with Crippen LogP contribution in [0.3, 0.4) is 0 Å². The Morgan fingerprint density at radius 2 is 2.24 bits per heavy atom. The van der Waals surface area contributed by atoms with Crippen LogP contribution in [-0.4, -0.2) is 34.7 Å². The Labute approximate surface area is 123 Å². The van der Waals surface area contributed by atoms with Gasteiger partial charge in [0.05, 0.1) is 6.54 Å². The molecule has 0 atom stereocenters. The molecule has 0 bridgehead atoms. The van der Waals surface area contributed by atoms with E-state index in [1.807, 2.05) is 6.07 Å². The summed E-state index contributed by atoms with van der Waals surface area (Å²) in [5.41, 5.74) is 1.04. The molecule has 1 aromatic heterocycles. The second-order valence-corrected chi connectivity index (χ2v) is 5.53. The minimum absolute atomic E-state index is 0.0821. The lowest BCUT2D eigenvalue weighted by atomic mass is 10.1. The summed E-state index contributed by atoms with van der Waals surface area (Å²) in [7, 11) is 1.55. The maximum atomic E-state index is 12.0. The lowest BCUT2D eigenvalue weighted by Gasteiger charge is -2.18. The Hall–Kier alpha value is -2.18. The summed E-state index contributed by atoms with van der Waals surface area (Å²) in [6, 6.07) is 1.85. The third-order valence-corrected chi connectivity index (χ3v) is 3.12. The van der Waals surface area contributed by atoms with Gasteiger partial charge in [-0.15, -0.1) is 0 Å². The van der Waals surface area contributed by atoms with E-state index in [-0.39, 0.29) is 18.4 Å². The molecule has 0 spiro atoms. The van der Waals surface area contributed by atoms with Crippen LogP contribution in [0.15, 0.2) is 15.7 Å². The van der Waals surface area contributed by atoms with E-state index in [1.165, 1.54) is 5.01 Å². The third-order valence-electron chi connectivity index (χ3n) is 3.12. The fourth-order valence-corrected chi connectivity index (χ4v) is 2.04. The highest BCUT2D eigenvalue weighted by Crippen LogP contribution is 2.10. The van der Waals surface area contributed by atoms with Gasteiger partial charge in [0.25, 0.3) is 5.91 Å². The summed E-state index contributed by atoms with van der Waals surface area (Å²) in [5, 5.41) is 11.8. The summed E-state index contributed by atoms with van der Waals surface area (Å²) in [5.74, 6) is 0.948. The molecule has 7 nitrogen and oxygen atoms in total. The number of carbonyl (C=O) groups is 2. The fraction of sp³-hybridized carbons (Fsp3) is 0.571. The van der Waals surface area contributed by atoms with E-state index in [4.69, 9.17) is 4.52 Å². The number of nitrogens with zero attached hydrogens (tertiary/aromatic N) is 3. The molecule has 0 radical (unpaired) electrons. The molecule has 1 aliphatic rings. The topological polar surface area (TPSA) is 87.8 Å². The van der Waals surface area contributed by atoms with Gasteiger partial charge < -0.3 is 9.84 Å². The van der Waals surface area contributed by atoms with Gasteiger partial charge in [0.15, 0.2) is 0 Å². The van der Waals surface area contributed by atoms with Crippen LogP contribution in [0.1, 0.15) is 38.1 Å². The van der Waals surface area contributed by atoms with E-state index in [1.54, 1.807) is 7.05 Å². The van der Waals surface area contributed by atoms with Crippen LogP contribution in [0.2, 0.25) is 0 Å². The molecule has 1 aromatic rings. The number of rotatable bonds is 5. The standard InChI is InChI=1S/C14H20N4O3/c1-9(2)6-11-7-10(17-21-11)8-15-14(20)12-4-5-13(19)18(3)16-12/h7,9H,4-6,8H2,1-3H3,(H,15,20). The Bertz CT molecular complexity index is 562. The lowest BCUT2D eigenvalue weighted by Crippen LogP contribution is -2.37. The number of hydrogen-bond donors (Lipinski definition) is 1. The molecule has 0 aromatic carbocycles. The van der Waals surface area contributed by atoms with Gasteiger partial charge in [0.2, 0.25) is 5.91 Å². The second-order valence-electron chi connectivity index (χ2n) is 5.53. The van der Waals surface area contributed by atoms with Gasteiger partial charge in [0.1, 0.15) is 17.2 Å². The highest BCUT2D eigenvalue weighted by atomic mass is 16.5. The molecular weight excluding hydrogens is 272 g/mol. The largest absolute Gasteiger partial charge is 0.361 e. The Balaban J connectivity index is 1.88. The van der Waals surface area contributed by atoms with Crippen LogP contribution >= 0.6 is 0 Å². The molecule has 114 valence electrons. The van der Waals surface area contributed by atoms with Crippen molar-refractivity contribution in [1.29, 1.82) is 0 Å². The molecular formula is C14H20N4O3. The summed E-state index contributed by atoms with van der Waals surface area (Å²) in [4.78, 5) is 23.3. The van der Waals surface area contributed by atoms with Crippen LogP contribution in [0.4, 0.5) is 0 Å². The van der Waals surface area contributed by atoms with Crippen LogP contribution in [-0.2, 0) is 22.6 Å². The first-order chi connectivity index (χ1) is 9.95. The van der Waals surface area contributed by atoms with E-state index >= 15 is 0 Å². The molecule has 0 unspecified atom stereocenters. The van der Waals surface area contributed by atoms with Crippen LogP contribution < -0.4 is 5.32 Å². The average molecular weight is 292 g/mol. The molecule has 7 heteroatoms. The summed E-state index contributed by atoms with van der Waals surface area (Å²) in [6.45, 7) is 4.49. The highest BCUT2D eigenvalue weighted by Gasteiger charge is 2.21. The van der Waals surface area contributed by atoms with E-state index < -0.39 is 0 Å². The molecule has 0 fully saturated rings. The van der Waals surface area contributed by atoms with Crippen LogP contribution in [0.5, 0.6) is 0 Å². The molecule has 0 saturated carbocycles. The van der Waals surface area contributed by atoms with Gasteiger partial charge >= 0.3 is 0 Å². The number of hydrogen-bond acceptors (Lipinski definition) is 5. The Morgan fingerprint density at radius 1 is 1.48 bits per heavy atom. The second kappa shape index (κ2) is 6.51. The highest BCUT2D eigenvalue weighted by molar-refractivity contribution is 6.39. The third kappa shape index (κ3) is 4.14. The van der Waals surface area contributed by atoms with Crippen molar-refractivity contribution < 1.29 is 14.1 Å². The first kappa shape index (κ1) is 15.2. The van der Waals surface area contributed by atoms with E-state index in [0.29, 0.717) is 30.2 Å². The molecule has 2 rings (SSSR count). The first-order valence-corrected chi connectivity index (χ1v) is 7.02. The van der Waals surface area contributed by atoms with Crippen LogP contribution in [0.25, 0.3) is 0 Å². The minimum atomic E-state index is -0.275. The van der Waals surface area contributed by atoms with Crippen LogP contribution in [0, 0.1) is 5.92 Å². The van der Waals surface area contributed by atoms with Gasteiger partial charge in [-0.3, -0.25) is 9.59 Å². The smallest absolute Gasteiger partial charge is 0.267 e. The first-order valence-electron chi connectivity index (χ1n) is 7.02. The average Bonchev–Trinajstić information content (AvgIpc) is 2.86. The van der Waals surface area contributed by atoms with Gasteiger partial charge in [-0.05, 0) is 5.92 Å². The van der Waals surface area contributed by atoms with Crippen molar-refractivity contribution >= 4 is 17.5 Å². The summed E-state index contributed by atoms with van der Waals surface area (Å²) in [6.07, 6.45) is 1.50. The Kier molecular flexibility index (Phi) is 4.72. The zero-order valence-corrected chi connectivity index (χ0v) is 12.5. The molecule has 2 amide bonds. The Morgan fingerprint density at radius 3 is 2.90 bits per heavy atom. The maximum Gasteiger partial charge on any atom is 0.267 e. The monoisotopic (exact) mass is 292 g/mol. The van der Waals surface area contributed by atoms with Gasteiger partial charge in [-0.25, -0.2) is 5.01 Å². The number of nitrogens with one attached hydrogen (secondary N) is 1. The van der Waals surface area contributed by atoms with E-state index in [2.05, 4.69) is 29.4 Å². The van der Waals surface area contributed by atoms with Gasteiger partial charge in [0, 0.05) is 32.4 Å². The minimum Gasteiger partial charge on any atom is -0.361 e. The van der Waals surface area contributed by atoms with Crippen molar-refractivity contribution in [2.45, 2.75) is 39.7 Å². The summed E-state index contributed by atoms with van der Waals surface area (Å²) >= 11 is 0. The molecule has 0 aliphatic carbocycles. The number of aromatic nitrogens is 1. The van der Waals surface area contributed by atoms with Crippen molar-refractivity contribution in [2.75, 3.05) is 7.05 Å². The van der Waals surface area contributed by atoms with Gasteiger partial charge in [-0.1, -0.05) is 19.0 Å². The number of carbonyl (C=O) groups excluding carboxylic acids is 2. The van der Waals surface area contributed by atoms with Crippen molar-refractivity contribution in [2.24, 2.45) is 11.0 Å². The van der Waals surface area contributed by atoms with Crippen molar-refractivity contribution in [1.82, 2.24) is 15.5 Å². The molecule has 2 heterocycles. The molecule has 21 heavy (non-hydrogen) atoms. The van der Waals surface area contributed by atoms with E-state index in [9.17, 15) is 9.59 Å². The molecule has 1 N–H and O–H groups in total. The maximum absolute atomic E-state index is 12.0. The quantitative estimate of drug-likeness (QED) is 0.880. The molecule has 0 saturated heterocycles. The fourth-order valence-electron chi connectivity index (χ4n) is 2.04. The zero-order chi connectivity index (χ0) is 15.4. The predicted octanol–water partition coefficient (Wildman–Crippen LogP) is 1.10.